The van der Waals surface area contributed by atoms with Crippen LogP contribution >= 0.6 is 11.3 Å². The highest BCUT2D eigenvalue weighted by Crippen LogP contribution is 2.56. The van der Waals surface area contributed by atoms with Crippen LogP contribution in [0, 0.1) is 23.7 Å². The Morgan fingerprint density at radius 3 is 2.55 bits per heavy atom. The Morgan fingerprint density at radius 2 is 2.10 bits per heavy atom. The first-order chi connectivity index (χ1) is 9.18. The highest BCUT2D eigenvalue weighted by Gasteiger charge is 2.58. The largest absolute Gasteiger partial charge is 0.481 e. The van der Waals surface area contributed by atoms with Crippen LogP contribution in [0.25, 0.3) is 0 Å². The van der Waals surface area contributed by atoms with Crippen LogP contribution in [0.4, 0.5) is 5.13 Å². The number of rotatable bonds is 3. The molecule has 1 aliphatic carbocycles. The predicted octanol–water partition coefficient (Wildman–Crippen LogP) is 2.92. The van der Waals surface area contributed by atoms with Crippen LogP contribution in [0.3, 0.4) is 0 Å². The van der Waals surface area contributed by atoms with Crippen molar-refractivity contribution >= 4 is 28.3 Å². The molecule has 0 spiro atoms. The van der Waals surface area contributed by atoms with Crippen LogP contribution in [0.1, 0.15) is 38.5 Å². The summed E-state index contributed by atoms with van der Waals surface area (Å²) >= 11 is 1.42. The SMILES string of the molecule is Cc1cnc(NC(=O)[C@H]2CC[C@](C)(C(=O)O)C2(C)C)s1. The lowest BCUT2D eigenvalue weighted by Gasteiger charge is -2.37. The van der Waals surface area contributed by atoms with E-state index in [1.807, 2.05) is 20.8 Å². The van der Waals surface area contributed by atoms with Gasteiger partial charge in [0.1, 0.15) is 0 Å². The second-order valence-corrected chi connectivity index (χ2v) is 7.45. The minimum absolute atomic E-state index is 0.130. The zero-order valence-corrected chi connectivity index (χ0v) is 13.0. The molecule has 0 saturated heterocycles. The maximum absolute atomic E-state index is 12.4. The Labute approximate surface area is 122 Å². The van der Waals surface area contributed by atoms with Crippen LogP contribution in [0.2, 0.25) is 0 Å². The zero-order valence-electron chi connectivity index (χ0n) is 12.2. The van der Waals surface area contributed by atoms with Crippen molar-refractivity contribution in [2.24, 2.45) is 16.7 Å². The van der Waals surface area contributed by atoms with Crippen molar-refractivity contribution in [3.63, 3.8) is 0 Å². The average molecular weight is 296 g/mol. The topological polar surface area (TPSA) is 79.3 Å². The molecular weight excluding hydrogens is 276 g/mol. The third-order valence-electron chi connectivity index (χ3n) is 4.87. The molecule has 1 saturated carbocycles. The van der Waals surface area contributed by atoms with Gasteiger partial charge in [0, 0.05) is 17.0 Å². The number of hydrogen-bond donors (Lipinski definition) is 2. The first-order valence-electron chi connectivity index (χ1n) is 6.65. The smallest absolute Gasteiger partial charge is 0.309 e. The van der Waals surface area contributed by atoms with E-state index in [2.05, 4.69) is 10.3 Å². The minimum Gasteiger partial charge on any atom is -0.481 e. The van der Waals surface area contributed by atoms with Gasteiger partial charge in [-0.1, -0.05) is 13.8 Å². The Kier molecular flexibility index (Phi) is 3.62. The molecule has 0 unspecified atom stereocenters. The van der Waals surface area contributed by atoms with Gasteiger partial charge in [0.15, 0.2) is 5.13 Å². The molecule has 1 aromatic heterocycles. The van der Waals surface area contributed by atoms with Gasteiger partial charge in [-0.3, -0.25) is 9.59 Å². The Hall–Kier alpha value is -1.43. The molecule has 5 nitrogen and oxygen atoms in total. The normalized spacial score (nSPS) is 28.3. The van der Waals surface area contributed by atoms with E-state index in [4.69, 9.17) is 0 Å². The first-order valence-corrected chi connectivity index (χ1v) is 7.47. The number of amides is 1. The summed E-state index contributed by atoms with van der Waals surface area (Å²) in [5, 5.41) is 12.8. The minimum atomic E-state index is -0.867. The van der Waals surface area contributed by atoms with Crippen molar-refractivity contribution in [2.45, 2.75) is 40.5 Å². The number of aromatic nitrogens is 1. The summed E-state index contributed by atoms with van der Waals surface area (Å²) in [7, 11) is 0. The standard InChI is InChI=1S/C14H20N2O3S/c1-8-7-15-12(20-8)16-10(17)9-5-6-14(4,11(18)19)13(9,2)3/h7,9H,5-6H2,1-4H3,(H,18,19)(H,15,16,17)/t9-,14-/m1/s1. The second kappa shape index (κ2) is 4.84. The molecule has 2 N–H and O–H groups in total. The second-order valence-electron chi connectivity index (χ2n) is 6.22. The summed E-state index contributed by atoms with van der Waals surface area (Å²) in [6.45, 7) is 7.39. The Morgan fingerprint density at radius 1 is 1.45 bits per heavy atom. The quantitative estimate of drug-likeness (QED) is 0.899. The number of anilines is 1. The fraction of sp³-hybridized carbons (Fsp3) is 0.643. The maximum Gasteiger partial charge on any atom is 0.309 e. The molecule has 1 heterocycles. The zero-order chi connectivity index (χ0) is 15.1. The predicted molar refractivity (Wildman–Crippen MR) is 77.7 cm³/mol. The maximum atomic E-state index is 12.4. The van der Waals surface area contributed by atoms with Crippen molar-refractivity contribution < 1.29 is 14.7 Å². The van der Waals surface area contributed by atoms with Gasteiger partial charge in [-0.2, -0.15) is 0 Å². The molecule has 110 valence electrons. The molecular formula is C14H20N2O3S. The number of nitrogens with zero attached hydrogens (tertiary/aromatic N) is 1. The third-order valence-corrected chi connectivity index (χ3v) is 5.69. The van der Waals surface area contributed by atoms with Crippen LogP contribution in [-0.2, 0) is 9.59 Å². The van der Waals surface area contributed by atoms with Gasteiger partial charge in [-0.15, -0.1) is 11.3 Å². The molecule has 0 radical (unpaired) electrons. The lowest BCUT2D eigenvalue weighted by atomic mass is 9.65. The molecule has 2 atom stereocenters. The van der Waals surface area contributed by atoms with Crippen molar-refractivity contribution in [1.82, 2.24) is 4.98 Å². The fourth-order valence-electron chi connectivity index (χ4n) is 2.95. The molecule has 0 bridgehead atoms. The molecule has 20 heavy (non-hydrogen) atoms. The van der Waals surface area contributed by atoms with Gasteiger partial charge in [0.2, 0.25) is 5.91 Å². The third kappa shape index (κ3) is 2.22. The van der Waals surface area contributed by atoms with E-state index >= 15 is 0 Å². The summed E-state index contributed by atoms with van der Waals surface area (Å²) in [6, 6.07) is 0. The number of nitrogens with one attached hydrogen (secondary N) is 1. The van der Waals surface area contributed by atoms with E-state index in [1.165, 1.54) is 11.3 Å². The average Bonchev–Trinajstić information content (AvgIpc) is 2.83. The van der Waals surface area contributed by atoms with Gasteiger partial charge < -0.3 is 10.4 Å². The number of carbonyl (C=O) groups excluding carboxylic acids is 1. The highest BCUT2D eigenvalue weighted by atomic mass is 32.1. The summed E-state index contributed by atoms with van der Waals surface area (Å²) in [5.41, 5.74) is -1.46. The molecule has 2 rings (SSSR count). The highest BCUT2D eigenvalue weighted by molar-refractivity contribution is 7.15. The van der Waals surface area contributed by atoms with E-state index in [0.717, 1.165) is 4.88 Å². The summed E-state index contributed by atoms with van der Waals surface area (Å²) in [4.78, 5) is 29.1. The van der Waals surface area contributed by atoms with E-state index in [0.29, 0.717) is 18.0 Å². The molecule has 1 aliphatic rings. The molecule has 1 aromatic rings. The van der Waals surface area contributed by atoms with E-state index < -0.39 is 16.8 Å². The molecule has 1 fully saturated rings. The number of carboxylic acids is 1. The van der Waals surface area contributed by atoms with Crippen molar-refractivity contribution in [1.29, 1.82) is 0 Å². The van der Waals surface area contributed by atoms with E-state index in [1.54, 1.807) is 13.1 Å². The van der Waals surface area contributed by atoms with Gasteiger partial charge >= 0.3 is 5.97 Å². The molecule has 0 aliphatic heterocycles. The van der Waals surface area contributed by atoms with Crippen molar-refractivity contribution in [3.05, 3.63) is 11.1 Å². The summed E-state index contributed by atoms with van der Waals surface area (Å²) < 4.78 is 0. The monoisotopic (exact) mass is 296 g/mol. The molecule has 6 heteroatoms. The molecule has 0 aromatic carbocycles. The number of thiazole rings is 1. The lowest BCUT2D eigenvalue weighted by molar-refractivity contribution is -0.154. The number of aliphatic carboxylic acids is 1. The van der Waals surface area contributed by atoms with Gasteiger partial charge in [-0.25, -0.2) is 4.98 Å². The summed E-state index contributed by atoms with van der Waals surface area (Å²) in [6.07, 6.45) is 2.82. The number of aryl methyl sites for hydroxylation is 1. The fourth-order valence-corrected chi connectivity index (χ4v) is 3.61. The molecule has 1 amide bonds. The Bertz CT molecular complexity index is 552. The summed E-state index contributed by atoms with van der Waals surface area (Å²) in [5.74, 6) is -1.27. The Balaban J connectivity index is 2.18. The van der Waals surface area contributed by atoms with E-state index in [-0.39, 0.29) is 11.8 Å². The van der Waals surface area contributed by atoms with Crippen LogP contribution in [0.15, 0.2) is 6.20 Å². The van der Waals surface area contributed by atoms with Crippen LogP contribution in [0.5, 0.6) is 0 Å². The van der Waals surface area contributed by atoms with Crippen molar-refractivity contribution in [2.75, 3.05) is 5.32 Å². The van der Waals surface area contributed by atoms with Crippen LogP contribution < -0.4 is 5.32 Å². The lowest BCUT2D eigenvalue weighted by Crippen LogP contribution is -2.43. The van der Waals surface area contributed by atoms with Gasteiger partial charge in [-0.05, 0) is 32.1 Å². The number of carboxylic acid groups (broad SMARTS) is 1. The van der Waals surface area contributed by atoms with E-state index in [9.17, 15) is 14.7 Å². The van der Waals surface area contributed by atoms with Crippen molar-refractivity contribution in [3.8, 4) is 0 Å². The number of hydrogen-bond acceptors (Lipinski definition) is 4. The number of carbonyl (C=O) groups is 2. The first kappa shape index (κ1) is 15.0. The van der Waals surface area contributed by atoms with Gasteiger partial charge in [0.05, 0.1) is 5.41 Å². The van der Waals surface area contributed by atoms with Crippen LogP contribution in [-0.4, -0.2) is 22.0 Å². The van der Waals surface area contributed by atoms with Gasteiger partial charge in [0.25, 0.3) is 0 Å².